The number of fused-ring (bicyclic) bond motifs is 1. The van der Waals surface area contributed by atoms with Gasteiger partial charge in [0.15, 0.2) is 0 Å². The summed E-state index contributed by atoms with van der Waals surface area (Å²) in [5, 5.41) is 7.99. The van der Waals surface area contributed by atoms with E-state index < -0.39 is 0 Å². The van der Waals surface area contributed by atoms with E-state index in [2.05, 4.69) is 15.7 Å². The van der Waals surface area contributed by atoms with Gasteiger partial charge in [0.05, 0.1) is 18.8 Å². The fourth-order valence-electron chi connectivity index (χ4n) is 1.25. The normalized spacial score (nSPS) is 10.8. The molecule has 68 valence electrons. The fraction of sp³-hybridized carbons (Fsp3) is 0.222. The lowest BCUT2D eigenvalue weighted by Gasteiger charge is -2.01. The van der Waals surface area contributed by atoms with Gasteiger partial charge in [-0.25, -0.2) is 0 Å². The van der Waals surface area contributed by atoms with Gasteiger partial charge >= 0.3 is 0 Å². The molecule has 0 aliphatic carbocycles. The second kappa shape index (κ2) is 3.55. The summed E-state index contributed by atoms with van der Waals surface area (Å²) < 4.78 is 0. The highest BCUT2D eigenvalue weighted by Crippen LogP contribution is 2.12. The van der Waals surface area contributed by atoms with Gasteiger partial charge in [-0.3, -0.25) is 5.10 Å². The highest BCUT2D eigenvalue weighted by atomic mass is 16.6. The number of hydrogen-bond donors (Lipinski definition) is 2. The van der Waals surface area contributed by atoms with Crippen LogP contribution in [-0.4, -0.2) is 17.3 Å². The van der Waals surface area contributed by atoms with E-state index >= 15 is 0 Å². The lowest BCUT2D eigenvalue weighted by Crippen LogP contribution is -2.10. The molecule has 0 atom stereocenters. The largest absolute Gasteiger partial charge is 0.305 e. The molecule has 1 aromatic heterocycles. The lowest BCUT2D eigenvalue weighted by molar-refractivity contribution is 0.0867. The number of hydroxylamine groups is 1. The molecule has 0 amide bonds. The van der Waals surface area contributed by atoms with Crippen LogP contribution < -0.4 is 5.48 Å². The van der Waals surface area contributed by atoms with Crippen molar-refractivity contribution in [1.82, 2.24) is 15.7 Å². The zero-order chi connectivity index (χ0) is 9.10. The van der Waals surface area contributed by atoms with Gasteiger partial charge in [0.25, 0.3) is 0 Å². The van der Waals surface area contributed by atoms with Crippen LogP contribution in [0.5, 0.6) is 0 Å². The summed E-state index contributed by atoms with van der Waals surface area (Å²) in [6, 6.07) is 6.13. The van der Waals surface area contributed by atoms with Crippen molar-refractivity contribution in [1.29, 1.82) is 0 Å². The third-order valence-electron chi connectivity index (χ3n) is 1.93. The third kappa shape index (κ3) is 1.68. The van der Waals surface area contributed by atoms with E-state index in [1.165, 1.54) is 5.56 Å². The summed E-state index contributed by atoms with van der Waals surface area (Å²) in [6.07, 6.45) is 1.81. The molecule has 0 saturated carbocycles. The van der Waals surface area contributed by atoms with Gasteiger partial charge in [-0.1, -0.05) is 12.1 Å². The van der Waals surface area contributed by atoms with Crippen LogP contribution in [0.2, 0.25) is 0 Å². The van der Waals surface area contributed by atoms with Gasteiger partial charge in [-0.15, -0.1) is 0 Å². The second-order valence-electron chi connectivity index (χ2n) is 2.82. The number of rotatable bonds is 3. The van der Waals surface area contributed by atoms with E-state index in [-0.39, 0.29) is 0 Å². The van der Waals surface area contributed by atoms with Gasteiger partial charge in [-0.05, 0) is 11.6 Å². The first-order chi connectivity index (χ1) is 6.40. The molecular formula is C9H11N3O. The smallest absolute Gasteiger partial charge is 0.0653 e. The molecule has 2 aromatic rings. The molecule has 0 radical (unpaired) electrons. The lowest BCUT2D eigenvalue weighted by atomic mass is 10.2. The number of hydrogen-bond acceptors (Lipinski definition) is 3. The molecule has 2 N–H and O–H groups in total. The predicted octanol–water partition coefficient (Wildman–Crippen LogP) is 1.21. The molecule has 1 aromatic carbocycles. The molecule has 0 aliphatic heterocycles. The van der Waals surface area contributed by atoms with Crippen molar-refractivity contribution < 1.29 is 4.84 Å². The number of aromatic nitrogens is 2. The van der Waals surface area contributed by atoms with E-state index in [0.717, 1.165) is 10.9 Å². The monoisotopic (exact) mass is 177 g/mol. The fourth-order valence-corrected chi connectivity index (χ4v) is 1.25. The van der Waals surface area contributed by atoms with Crippen LogP contribution >= 0.6 is 0 Å². The molecule has 0 unspecified atom stereocenters. The van der Waals surface area contributed by atoms with Crippen molar-refractivity contribution in [2.45, 2.75) is 6.54 Å². The Morgan fingerprint density at radius 3 is 3.31 bits per heavy atom. The molecular weight excluding hydrogens is 166 g/mol. The Morgan fingerprint density at radius 2 is 2.46 bits per heavy atom. The number of benzene rings is 1. The number of aromatic amines is 1. The standard InChI is InChI=1S/C9H11N3O/c1-13-11-5-7-2-3-8-6-10-12-9(8)4-7/h2-4,6,11H,5H2,1H3,(H,10,12). The molecule has 4 heteroatoms. The molecule has 1 heterocycles. The second-order valence-corrected chi connectivity index (χ2v) is 2.82. The van der Waals surface area contributed by atoms with Crippen LogP contribution in [0.25, 0.3) is 10.9 Å². The average molecular weight is 177 g/mol. The first kappa shape index (κ1) is 8.22. The molecule has 2 rings (SSSR count). The maximum absolute atomic E-state index is 4.76. The van der Waals surface area contributed by atoms with Crippen molar-refractivity contribution in [3.05, 3.63) is 30.0 Å². The topological polar surface area (TPSA) is 49.9 Å². The van der Waals surface area contributed by atoms with Gasteiger partial charge < -0.3 is 4.84 Å². The van der Waals surface area contributed by atoms with E-state index in [9.17, 15) is 0 Å². The predicted molar refractivity (Wildman–Crippen MR) is 49.9 cm³/mol. The molecule has 0 spiro atoms. The van der Waals surface area contributed by atoms with Crippen LogP contribution in [-0.2, 0) is 11.4 Å². The number of nitrogens with one attached hydrogen (secondary N) is 2. The van der Waals surface area contributed by atoms with E-state index in [1.54, 1.807) is 7.11 Å². The zero-order valence-corrected chi connectivity index (χ0v) is 7.37. The average Bonchev–Trinajstić information content (AvgIpc) is 2.61. The Kier molecular flexibility index (Phi) is 2.25. The summed E-state index contributed by atoms with van der Waals surface area (Å²) in [4.78, 5) is 4.76. The van der Waals surface area contributed by atoms with Crippen LogP contribution in [0.4, 0.5) is 0 Å². The number of H-pyrrole nitrogens is 1. The maximum atomic E-state index is 4.76. The SMILES string of the molecule is CONCc1ccc2cn[nH]c2c1. The molecule has 13 heavy (non-hydrogen) atoms. The minimum atomic E-state index is 0.700. The van der Waals surface area contributed by atoms with E-state index in [0.29, 0.717) is 6.54 Å². The highest BCUT2D eigenvalue weighted by Gasteiger charge is 1.96. The van der Waals surface area contributed by atoms with Crippen molar-refractivity contribution in [2.75, 3.05) is 7.11 Å². The summed E-state index contributed by atoms with van der Waals surface area (Å²) in [6.45, 7) is 0.700. The van der Waals surface area contributed by atoms with Gasteiger partial charge in [0.1, 0.15) is 0 Å². The molecule has 0 saturated heterocycles. The summed E-state index contributed by atoms with van der Waals surface area (Å²) in [5.74, 6) is 0. The highest BCUT2D eigenvalue weighted by molar-refractivity contribution is 5.78. The maximum Gasteiger partial charge on any atom is 0.0653 e. The minimum absolute atomic E-state index is 0.700. The van der Waals surface area contributed by atoms with Crippen LogP contribution in [0, 0.1) is 0 Å². The summed E-state index contributed by atoms with van der Waals surface area (Å²) in [5.41, 5.74) is 5.00. The molecule has 0 aliphatic rings. The molecule has 0 fully saturated rings. The van der Waals surface area contributed by atoms with Gasteiger partial charge in [-0.2, -0.15) is 10.6 Å². The number of nitrogens with zero attached hydrogens (tertiary/aromatic N) is 1. The Morgan fingerprint density at radius 1 is 1.54 bits per heavy atom. The first-order valence-corrected chi connectivity index (χ1v) is 4.08. The van der Waals surface area contributed by atoms with Crippen molar-refractivity contribution >= 4 is 10.9 Å². The van der Waals surface area contributed by atoms with Crippen molar-refractivity contribution in [2.24, 2.45) is 0 Å². The van der Waals surface area contributed by atoms with Crippen LogP contribution in [0.1, 0.15) is 5.56 Å². The van der Waals surface area contributed by atoms with Gasteiger partial charge in [0, 0.05) is 11.9 Å². The summed E-state index contributed by atoms with van der Waals surface area (Å²) >= 11 is 0. The van der Waals surface area contributed by atoms with Gasteiger partial charge in [0.2, 0.25) is 0 Å². The summed E-state index contributed by atoms with van der Waals surface area (Å²) in [7, 11) is 1.61. The van der Waals surface area contributed by atoms with Crippen LogP contribution in [0.3, 0.4) is 0 Å². The Bertz CT molecular complexity index is 396. The third-order valence-corrected chi connectivity index (χ3v) is 1.93. The first-order valence-electron chi connectivity index (χ1n) is 4.08. The van der Waals surface area contributed by atoms with Crippen LogP contribution in [0.15, 0.2) is 24.4 Å². The van der Waals surface area contributed by atoms with Crippen molar-refractivity contribution in [3.63, 3.8) is 0 Å². The Hall–Kier alpha value is -1.39. The van der Waals surface area contributed by atoms with E-state index in [4.69, 9.17) is 4.84 Å². The quantitative estimate of drug-likeness (QED) is 0.693. The molecule has 4 nitrogen and oxygen atoms in total. The Balaban J connectivity index is 2.26. The Labute approximate surface area is 75.9 Å². The molecule has 0 bridgehead atoms. The van der Waals surface area contributed by atoms with E-state index in [1.807, 2.05) is 24.4 Å². The van der Waals surface area contributed by atoms with Crippen molar-refractivity contribution in [3.8, 4) is 0 Å². The minimum Gasteiger partial charge on any atom is -0.305 e. The zero-order valence-electron chi connectivity index (χ0n) is 7.37.